The number of carbonyl (C=O) groups excluding carboxylic acids is 5. The molecule has 1 aromatic carbocycles. The fourth-order valence-electron chi connectivity index (χ4n) is 7.66. The Kier molecular flexibility index (Phi) is 7.56. The quantitative estimate of drug-likeness (QED) is 0.309. The van der Waals surface area contributed by atoms with Gasteiger partial charge < -0.3 is 25.8 Å². The number of hydrogen-bond acceptors (Lipinski definition) is 11. The van der Waals surface area contributed by atoms with E-state index in [1.165, 1.54) is 18.1 Å². The molecule has 1 heterocycles. The molecule has 2 unspecified atom stereocenters. The van der Waals surface area contributed by atoms with E-state index in [9.17, 15) is 39.3 Å². The van der Waals surface area contributed by atoms with Gasteiger partial charge in [-0.2, -0.15) is 0 Å². The Bertz CT molecular complexity index is 1320. The van der Waals surface area contributed by atoms with E-state index in [2.05, 4.69) is 4.90 Å². The topological polar surface area (TPSA) is 188 Å². The molecule has 0 aromatic heterocycles. The van der Waals surface area contributed by atoms with Crippen LogP contribution in [0.4, 0.5) is 0 Å². The fraction of sp³-hybridized carbons (Fsp3) is 0.621. The summed E-state index contributed by atoms with van der Waals surface area (Å²) in [4.78, 5) is 70.2. The molecule has 1 saturated heterocycles. The van der Waals surface area contributed by atoms with Crippen LogP contribution in [-0.2, 0) is 32.1 Å². The van der Waals surface area contributed by atoms with Crippen molar-refractivity contribution in [1.82, 2.24) is 9.80 Å². The Morgan fingerprint density at radius 1 is 1.17 bits per heavy atom. The number of ketones is 4. The lowest BCUT2D eigenvalue weighted by molar-refractivity contribution is -0.181. The Balaban J connectivity index is 1.54. The molecule has 12 heteroatoms. The van der Waals surface area contributed by atoms with Crippen LogP contribution in [0.5, 0.6) is 11.5 Å². The largest absolute Gasteiger partial charge is 0.507 e. The summed E-state index contributed by atoms with van der Waals surface area (Å²) in [6.07, 6.45) is 1.80. The molecule has 1 aromatic rings. The zero-order valence-corrected chi connectivity index (χ0v) is 23.5. The third-order valence-corrected chi connectivity index (χ3v) is 9.65. The number of rotatable bonds is 6. The molecule has 1 aliphatic heterocycles. The first-order valence-corrected chi connectivity index (χ1v) is 14.0. The number of ether oxygens (including phenoxy) is 1. The van der Waals surface area contributed by atoms with Crippen molar-refractivity contribution >= 4 is 29.0 Å². The summed E-state index contributed by atoms with van der Waals surface area (Å²) in [5.74, 6) is -10.1. The van der Waals surface area contributed by atoms with Crippen molar-refractivity contribution in [2.75, 3.05) is 40.9 Å². The summed E-state index contributed by atoms with van der Waals surface area (Å²) >= 11 is 0. The van der Waals surface area contributed by atoms with Crippen molar-refractivity contribution in [3.63, 3.8) is 0 Å². The van der Waals surface area contributed by atoms with Crippen LogP contribution in [0.3, 0.4) is 0 Å². The van der Waals surface area contributed by atoms with Crippen molar-refractivity contribution in [2.24, 2.45) is 35.3 Å². The molecule has 3 fully saturated rings. The standard InChI is InChI=1S/C29H37N3O9/c1-31(2)22-17-9-14-8-16-20(18(34)10-15(25(16)41-3)11-32-6-4-13(12-33)5-7-32)23(35)19(14)26(37)29(17,40)27(38)21(24(22)36)28(30)39/h10,13-14,17,19,21-22,33-34,40H,4-9,11-12H2,1-3H3,(H2,30,39)/t14-,17-,19?,21?,22-,29-/m0/s1. The molecule has 1 amide bonds. The second-order valence-corrected chi connectivity index (χ2v) is 12.1. The molecule has 41 heavy (non-hydrogen) atoms. The number of Topliss-reactive ketones (excluding diaryl/α,β-unsaturated/α-hetero) is 4. The molecule has 3 aliphatic carbocycles. The number of aliphatic hydroxyl groups excluding tert-OH is 1. The third kappa shape index (κ3) is 4.39. The normalized spacial score (nSPS) is 32.5. The first kappa shape index (κ1) is 29.3. The minimum atomic E-state index is -2.75. The van der Waals surface area contributed by atoms with Gasteiger partial charge in [0, 0.05) is 30.2 Å². The summed E-state index contributed by atoms with van der Waals surface area (Å²) in [5, 5.41) is 32.2. The number of carbonyl (C=O) groups is 5. The minimum absolute atomic E-state index is 0.0211. The van der Waals surface area contributed by atoms with E-state index in [0.29, 0.717) is 23.4 Å². The molecular weight excluding hydrogens is 534 g/mol. The van der Waals surface area contributed by atoms with Crippen LogP contribution < -0.4 is 10.5 Å². The van der Waals surface area contributed by atoms with Crippen LogP contribution in [-0.4, -0.2) is 107 Å². The third-order valence-electron chi connectivity index (χ3n) is 9.65. The zero-order valence-electron chi connectivity index (χ0n) is 23.5. The van der Waals surface area contributed by atoms with Gasteiger partial charge >= 0.3 is 0 Å². The monoisotopic (exact) mass is 571 g/mol. The summed E-state index contributed by atoms with van der Waals surface area (Å²) < 4.78 is 5.77. The van der Waals surface area contributed by atoms with Gasteiger partial charge in [0.2, 0.25) is 5.91 Å². The number of likely N-dealkylation sites (tertiary alicyclic amines) is 1. The lowest BCUT2D eigenvalue weighted by Gasteiger charge is -2.52. The maximum atomic E-state index is 13.9. The number of hydrogen-bond donors (Lipinski definition) is 4. The first-order chi connectivity index (χ1) is 19.4. The predicted octanol–water partition coefficient (Wildman–Crippen LogP) is -0.920. The van der Waals surface area contributed by atoms with Gasteiger partial charge in [0.25, 0.3) is 0 Å². The highest BCUT2D eigenvalue weighted by molar-refractivity contribution is 6.32. The number of aromatic hydroxyl groups is 1. The smallest absolute Gasteiger partial charge is 0.235 e. The van der Waals surface area contributed by atoms with Gasteiger partial charge in [-0.05, 0) is 70.8 Å². The van der Waals surface area contributed by atoms with Crippen LogP contribution in [0.1, 0.15) is 40.7 Å². The highest BCUT2D eigenvalue weighted by Gasteiger charge is 2.69. The summed E-state index contributed by atoms with van der Waals surface area (Å²) in [6, 6.07) is 0.300. The Hall–Kier alpha value is -3.19. The summed E-state index contributed by atoms with van der Waals surface area (Å²) in [6.45, 7) is 2.10. The van der Waals surface area contributed by atoms with Crippen LogP contribution in [0, 0.1) is 29.6 Å². The number of nitrogens with zero attached hydrogens (tertiary/aromatic N) is 2. The molecule has 0 radical (unpaired) electrons. The van der Waals surface area contributed by atoms with Gasteiger partial charge in [-0.15, -0.1) is 0 Å². The number of aliphatic hydroxyl groups is 2. The van der Waals surface area contributed by atoms with E-state index in [4.69, 9.17) is 10.5 Å². The van der Waals surface area contributed by atoms with Gasteiger partial charge in [-0.3, -0.25) is 33.8 Å². The second-order valence-electron chi connectivity index (χ2n) is 12.1. The molecule has 5 rings (SSSR count). The van der Waals surface area contributed by atoms with Crippen molar-refractivity contribution in [3.8, 4) is 11.5 Å². The fourth-order valence-corrected chi connectivity index (χ4v) is 7.66. The molecule has 6 atom stereocenters. The molecule has 4 aliphatic rings. The number of nitrogens with two attached hydrogens (primary N) is 1. The van der Waals surface area contributed by atoms with Crippen LogP contribution in [0.15, 0.2) is 6.07 Å². The van der Waals surface area contributed by atoms with Gasteiger partial charge in [0.05, 0.1) is 24.6 Å². The van der Waals surface area contributed by atoms with Crippen LogP contribution in [0.25, 0.3) is 0 Å². The first-order valence-electron chi connectivity index (χ1n) is 14.0. The van der Waals surface area contributed by atoms with Crippen molar-refractivity contribution < 1.29 is 44.0 Å². The van der Waals surface area contributed by atoms with Crippen LogP contribution in [0.2, 0.25) is 0 Å². The number of likely N-dealkylation sites (N-methyl/N-ethyl adjacent to an activating group) is 1. The Morgan fingerprint density at radius 3 is 2.39 bits per heavy atom. The average molecular weight is 572 g/mol. The number of phenols is 1. The molecule has 5 N–H and O–H groups in total. The van der Waals surface area contributed by atoms with E-state index < -0.39 is 64.4 Å². The predicted molar refractivity (Wildman–Crippen MR) is 143 cm³/mol. The van der Waals surface area contributed by atoms with E-state index in [1.54, 1.807) is 14.1 Å². The van der Waals surface area contributed by atoms with E-state index in [0.717, 1.165) is 25.9 Å². The lowest BCUT2D eigenvalue weighted by Crippen LogP contribution is -2.74. The van der Waals surface area contributed by atoms with Crippen LogP contribution >= 0.6 is 0 Å². The molecule has 2 saturated carbocycles. The van der Waals surface area contributed by atoms with Gasteiger partial charge in [-0.25, -0.2) is 0 Å². The molecular formula is C29H37N3O9. The number of primary amides is 1. The van der Waals surface area contributed by atoms with Crippen molar-refractivity contribution in [3.05, 3.63) is 22.8 Å². The number of methoxy groups -OCH3 is 1. The SMILES string of the molecule is COc1c(CN2CCC(CO)CC2)cc(O)c2c1C[C@H]1C[C@H]3[C@H](N(C)C)C(=O)C(C(N)=O)C(=O)[C@@]3(O)C(=O)C1C2=O. The number of piperidine rings is 1. The zero-order chi connectivity index (χ0) is 30.0. The minimum Gasteiger partial charge on any atom is -0.507 e. The number of benzene rings is 1. The Labute approximate surface area is 237 Å². The Morgan fingerprint density at radius 2 is 1.83 bits per heavy atom. The van der Waals surface area contributed by atoms with Gasteiger partial charge in [0.1, 0.15) is 11.5 Å². The number of amides is 1. The molecule has 0 spiro atoms. The number of phenolic OH excluding ortho intramolecular Hbond substituents is 1. The maximum Gasteiger partial charge on any atom is 0.235 e. The summed E-state index contributed by atoms with van der Waals surface area (Å²) in [7, 11) is 4.57. The lowest BCUT2D eigenvalue weighted by atomic mass is 9.52. The maximum absolute atomic E-state index is 13.9. The van der Waals surface area contributed by atoms with E-state index in [1.807, 2.05) is 0 Å². The molecule has 12 nitrogen and oxygen atoms in total. The van der Waals surface area contributed by atoms with E-state index >= 15 is 0 Å². The highest BCUT2D eigenvalue weighted by Crippen LogP contribution is 2.52. The second kappa shape index (κ2) is 10.6. The molecule has 0 bridgehead atoms. The van der Waals surface area contributed by atoms with Crippen molar-refractivity contribution in [2.45, 2.75) is 43.9 Å². The van der Waals surface area contributed by atoms with Gasteiger partial charge in [0.15, 0.2) is 34.7 Å². The summed E-state index contributed by atoms with van der Waals surface area (Å²) in [5.41, 5.74) is 3.64. The highest BCUT2D eigenvalue weighted by atomic mass is 16.5. The van der Waals surface area contributed by atoms with Crippen molar-refractivity contribution in [1.29, 1.82) is 0 Å². The van der Waals surface area contributed by atoms with E-state index in [-0.39, 0.29) is 36.7 Å². The number of fused-ring (bicyclic) bond motifs is 3. The molecule has 222 valence electrons. The average Bonchev–Trinajstić information content (AvgIpc) is 2.90. The van der Waals surface area contributed by atoms with Gasteiger partial charge in [-0.1, -0.05) is 0 Å².